The maximum absolute atomic E-state index is 11.5. The van der Waals surface area contributed by atoms with Crippen molar-refractivity contribution in [2.24, 2.45) is 0 Å². The van der Waals surface area contributed by atoms with Gasteiger partial charge < -0.3 is 9.64 Å². The van der Waals surface area contributed by atoms with E-state index in [1.54, 1.807) is 13.1 Å². The van der Waals surface area contributed by atoms with Crippen LogP contribution in [0.4, 0.5) is 5.82 Å². The van der Waals surface area contributed by atoms with Gasteiger partial charge in [0.05, 0.1) is 10.2 Å². The zero-order valence-corrected chi connectivity index (χ0v) is 12.3. The van der Waals surface area contributed by atoms with Gasteiger partial charge in [-0.3, -0.25) is 4.79 Å². The van der Waals surface area contributed by atoms with Crippen LogP contribution < -0.4 is 4.90 Å². The highest BCUT2D eigenvalue weighted by Gasteiger charge is 2.18. The van der Waals surface area contributed by atoms with Crippen LogP contribution in [0.2, 0.25) is 0 Å². The van der Waals surface area contributed by atoms with E-state index in [9.17, 15) is 4.79 Å². The molecular formula is C11H16IN3O2. The van der Waals surface area contributed by atoms with Crippen molar-refractivity contribution in [3.63, 3.8) is 0 Å². The molecule has 94 valence electrons. The van der Waals surface area contributed by atoms with Gasteiger partial charge in [0.25, 0.3) is 0 Å². The molecule has 0 aliphatic rings. The number of halogens is 1. The summed E-state index contributed by atoms with van der Waals surface area (Å²) in [6.07, 6.45) is 3.21. The molecule has 1 aromatic heterocycles. The predicted molar refractivity (Wildman–Crippen MR) is 73.9 cm³/mol. The Hall–Kier alpha value is -0.920. The molecule has 0 aromatic carbocycles. The summed E-state index contributed by atoms with van der Waals surface area (Å²) in [5.74, 6) is 0.527. The maximum atomic E-state index is 11.5. The zero-order chi connectivity index (χ0) is 12.8. The summed E-state index contributed by atoms with van der Waals surface area (Å²) in [5, 5.41) is 0. The molecule has 0 unspecified atom stereocenters. The second-order valence-electron chi connectivity index (χ2n) is 3.72. The average Bonchev–Trinajstić information content (AvgIpc) is 2.27. The highest BCUT2D eigenvalue weighted by atomic mass is 127. The third kappa shape index (κ3) is 4.10. The van der Waals surface area contributed by atoms with E-state index < -0.39 is 0 Å². The quantitative estimate of drug-likeness (QED) is 0.600. The minimum absolute atomic E-state index is 0.169. The van der Waals surface area contributed by atoms with Gasteiger partial charge in [-0.2, -0.15) is 0 Å². The molecule has 0 amide bonds. The third-order valence-electron chi connectivity index (χ3n) is 2.15. The van der Waals surface area contributed by atoms with Crippen LogP contribution in [-0.2, 0) is 9.53 Å². The van der Waals surface area contributed by atoms with E-state index in [-0.39, 0.29) is 18.6 Å². The van der Waals surface area contributed by atoms with Crippen LogP contribution in [0.1, 0.15) is 20.8 Å². The highest BCUT2D eigenvalue weighted by molar-refractivity contribution is 14.1. The standard InChI is InChI=1S/C11H16IN3O2/c1-4-17-10(16)6-15(8(2)3)11-9(12)5-13-7-14-11/h5,7-8H,4,6H2,1-3H3. The van der Waals surface area contributed by atoms with E-state index in [0.717, 1.165) is 9.39 Å². The Morgan fingerprint density at radius 3 is 2.82 bits per heavy atom. The van der Waals surface area contributed by atoms with E-state index in [0.29, 0.717) is 6.61 Å². The molecule has 0 radical (unpaired) electrons. The normalized spacial score (nSPS) is 10.4. The van der Waals surface area contributed by atoms with Crippen molar-refractivity contribution in [3.8, 4) is 0 Å². The molecule has 1 aromatic rings. The van der Waals surface area contributed by atoms with Gasteiger partial charge in [0.15, 0.2) is 0 Å². The van der Waals surface area contributed by atoms with Crippen LogP contribution in [0.15, 0.2) is 12.5 Å². The fraction of sp³-hybridized carbons (Fsp3) is 0.545. The van der Waals surface area contributed by atoms with Crippen LogP contribution >= 0.6 is 22.6 Å². The summed E-state index contributed by atoms with van der Waals surface area (Å²) in [7, 11) is 0. The van der Waals surface area contributed by atoms with Crippen LogP contribution in [0.25, 0.3) is 0 Å². The van der Waals surface area contributed by atoms with Gasteiger partial charge in [-0.05, 0) is 43.4 Å². The Balaban J connectivity index is 2.87. The summed E-state index contributed by atoms with van der Waals surface area (Å²) in [6.45, 7) is 6.42. The minimum Gasteiger partial charge on any atom is -0.465 e. The van der Waals surface area contributed by atoms with Crippen LogP contribution in [-0.4, -0.2) is 35.1 Å². The number of carbonyl (C=O) groups is 1. The van der Waals surface area contributed by atoms with Crippen LogP contribution in [0.3, 0.4) is 0 Å². The number of esters is 1. The van der Waals surface area contributed by atoms with Crippen molar-refractivity contribution in [3.05, 3.63) is 16.1 Å². The predicted octanol–water partition coefficient (Wildman–Crippen LogP) is 1.86. The molecule has 0 aliphatic heterocycles. The highest BCUT2D eigenvalue weighted by Crippen LogP contribution is 2.20. The number of hydrogen-bond acceptors (Lipinski definition) is 5. The molecular weight excluding hydrogens is 333 g/mol. The van der Waals surface area contributed by atoms with Gasteiger partial charge in [-0.15, -0.1) is 0 Å². The lowest BCUT2D eigenvalue weighted by Gasteiger charge is -2.27. The Morgan fingerprint density at radius 1 is 1.59 bits per heavy atom. The molecule has 0 saturated carbocycles. The monoisotopic (exact) mass is 349 g/mol. The van der Waals surface area contributed by atoms with Crippen molar-refractivity contribution in [2.75, 3.05) is 18.1 Å². The van der Waals surface area contributed by atoms with E-state index in [2.05, 4.69) is 32.6 Å². The van der Waals surface area contributed by atoms with Crippen molar-refractivity contribution in [1.82, 2.24) is 9.97 Å². The summed E-state index contributed by atoms with van der Waals surface area (Å²) < 4.78 is 5.88. The summed E-state index contributed by atoms with van der Waals surface area (Å²) in [6, 6.07) is 0.169. The first-order valence-corrected chi connectivity index (χ1v) is 6.51. The Morgan fingerprint density at radius 2 is 2.29 bits per heavy atom. The molecule has 0 spiro atoms. The number of ether oxygens (including phenoxy) is 1. The fourth-order valence-corrected chi connectivity index (χ4v) is 1.98. The van der Waals surface area contributed by atoms with Gasteiger partial charge in [-0.1, -0.05) is 0 Å². The molecule has 6 heteroatoms. The molecule has 5 nitrogen and oxygen atoms in total. The number of rotatable bonds is 5. The first-order chi connectivity index (χ1) is 8.06. The number of carbonyl (C=O) groups excluding carboxylic acids is 1. The molecule has 0 atom stereocenters. The van der Waals surface area contributed by atoms with Crippen molar-refractivity contribution in [2.45, 2.75) is 26.8 Å². The molecule has 1 heterocycles. The van der Waals surface area contributed by atoms with E-state index in [1.165, 1.54) is 6.33 Å². The number of nitrogens with zero attached hydrogens (tertiary/aromatic N) is 3. The number of hydrogen-bond donors (Lipinski definition) is 0. The van der Waals surface area contributed by atoms with Crippen molar-refractivity contribution in [1.29, 1.82) is 0 Å². The Kier molecular flexibility index (Phi) is 5.60. The molecule has 0 aliphatic carbocycles. The Labute approximate surface area is 115 Å². The summed E-state index contributed by atoms with van der Waals surface area (Å²) >= 11 is 2.16. The summed E-state index contributed by atoms with van der Waals surface area (Å²) in [5.41, 5.74) is 0. The topological polar surface area (TPSA) is 55.3 Å². The molecule has 1 rings (SSSR count). The zero-order valence-electron chi connectivity index (χ0n) is 10.2. The van der Waals surface area contributed by atoms with Gasteiger partial charge in [-0.25, -0.2) is 9.97 Å². The first kappa shape index (κ1) is 14.1. The van der Waals surface area contributed by atoms with Crippen LogP contribution in [0.5, 0.6) is 0 Å². The lowest BCUT2D eigenvalue weighted by molar-refractivity contribution is -0.141. The van der Waals surface area contributed by atoms with Gasteiger partial charge >= 0.3 is 5.97 Å². The molecule has 17 heavy (non-hydrogen) atoms. The number of aromatic nitrogens is 2. The van der Waals surface area contributed by atoms with Gasteiger partial charge in [0.1, 0.15) is 18.7 Å². The molecule has 0 bridgehead atoms. The first-order valence-electron chi connectivity index (χ1n) is 5.44. The lowest BCUT2D eigenvalue weighted by Crippen LogP contribution is -2.37. The van der Waals surface area contributed by atoms with Crippen LogP contribution in [0, 0.1) is 3.57 Å². The van der Waals surface area contributed by atoms with E-state index >= 15 is 0 Å². The second kappa shape index (κ2) is 6.73. The SMILES string of the molecule is CCOC(=O)CN(c1ncncc1I)C(C)C. The molecule has 0 fully saturated rings. The van der Waals surface area contributed by atoms with Gasteiger partial charge in [0.2, 0.25) is 0 Å². The van der Waals surface area contributed by atoms with E-state index in [1.807, 2.05) is 18.7 Å². The lowest BCUT2D eigenvalue weighted by atomic mass is 10.3. The van der Waals surface area contributed by atoms with Crippen molar-refractivity contribution >= 4 is 34.4 Å². The summed E-state index contributed by atoms with van der Waals surface area (Å²) in [4.78, 5) is 21.6. The largest absolute Gasteiger partial charge is 0.465 e. The van der Waals surface area contributed by atoms with Gasteiger partial charge in [0, 0.05) is 12.2 Å². The Bertz CT molecular complexity index is 385. The van der Waals surface area contributed by atoms with Crippen molar-refractivity contribution < 1.29 is 9.53 Å². The maximum Gasteiger partial charge on any atom is 0.325 e. The average molecular weight is 349 g/mol. The number of anilines is 1. The smallest absolute Gasteiger partial charge is 0.325 e. The molecule has 0 N–H and O–H groups in total. The molecule has 0 saturated heterocycles. The minimum atomic E-state index is -0.240. The van der Waals surface area contributed by atoms with E-state index in [4.69, 9.17) is 4.74 Å². The fourth-order valence-electron chi connectivity index (χ4n) is 1.37. The second-order valence-corrected chi connectivity index (χ2v) is 4.88. The third-order valence-corrected chi connectivity index (χ3v) is 2.91.